The summed E-state index contributed by atoms with van der Waals surface area (Å²) < 4.78 is 5.61. The molecule has 3 aromatic rings. The van der Waals surface area contributed by atoms with Crippen LogP contribution in [0.15, 0.2) is 61.1 Å². The number of nitrogens with one attached hydrogen (secondary N) is 1. The quantitative estimate of drug-likeness (QED) is 0.642. The molecule has 2 unspecified atom stereocenters. The van der Waals surface area contributed by atoms with E-state index >= 15 is 0 Å². The van der Waals surface area contributed by atoms with Crippen molar-refractivity contribution in [2.24, 2.45) is 0 Å². The fourth-order valence-electron chi connectivity index (χ4n) is 4.66. The van der Waals surface area contributed by atoms with Crippen LogP contribution in [0.1, 0.15) is 18.4 Å². The minimum absolute atomic E-state index is 0.337. The summed E-state index contributed by atoms with van der Waals surface area (Å²) >= 11 is 6.28. The maximum absolute atomic E-state index is 6.28. The molecule has 4 nitrogen and oxygen atoms in total. The number of pyridine rings is 1. The average Bonchev–Trinajstić information content (AvgIpc) is 3.38. The number of methoxy groups -OCH3 is 1. The largest absolute Gasteiger partial charge is 0.380 e. The zero-order valence-electron chi connectivity index (χ0n) is 16.4. The van der Waals surface area contributed by atoms with Gasteiger partial charge in [-0.3, -0.25) is 9.88 Å². The second-order valence-corrected chi connectivity index (χ2v) is 8.23. The van der Waals surface area contributed by atoms with Gasteiger partial charge in [0.2, 0.25) is 0 Å². The molecule has 0 spiro atoms. The van der Waals surface area contributed by atoms with E-state index in [-0.39, 0.29) is 0 Å². The summed E-state index contributed by atoms with van der Waals surface area (Å²) in [6.45, 7) is 2.10. The number of H-pyrrole nitrogens is 1. The van der Waals surface area contributed by atoms with Crippen LogP contribution < -0.4 is 0 Å². The lowest BCUT2D eigenvalue weighted by molar-refractivity contribution is 0.108. The second-order valence-electron chi connectivity index (χ2n) is 7.80. The van der Waals surface area contributed by atoms with Gasteiger partial charge in [0, 0.05) is 66.5 Å². The maximum atomic E-state index is 6.28. The average molecular weight is 406 g/mol. The van der Waals surface area contributed by atoms with Crippen LogP contribution in [0.4, 0.5) is 0 Å². The Balaban J connectivity index is 1.61. The van der Waals surface area contributed by atoms with Crippen LogP contribution in [0, 0.1) is 0 Å². The lowest BCUT2D eigenvalue weighted by atomic mass is 9.90. The van der Waals surface area contributed by atoms with Crippen molar-refractivity contribution in [1.29, 1.82) is 0 Å². The van der Waals surface area contributed by atoms with Gasteiger partial charge in [-0.15, -0.1) is 0 Å². The maximum Gasteiger partial charge on any atom is 0.0716 e. The zero-order valence-corrected chi connectivity index (χ0v) is 17.2. The molecule has 0 aliphatic carbocycles. The minimum Gasteiger partial charge on any atom is -0.380 e. The number of aromatic amines is 1. The lowest BCUT2D eigenvalue weighted by Gasteiger charge is -2.28. The number of rotatable bonds is 4. The fraction of sp³-hybridized carbons (Fsp3) is 0.292. The van der Waals surface area contributed by atoms with Crippen molar-refractivity contribution in [2.45, 2.75) is 25.0 Å². The molecule has 2 aliphatic rings. The number of aromatic nitrogens is 2. The Morgan fingerprint density at radius 2 is 2.03 bits per heavy atom. The number of nitrogens with zero attached hydrogens (tertiary/aromatic N) is 2. The second kappa shape index (κ2) is 7.79. The Hall–Kier alpha value is -2.40. The number of benzene rings is 1. The summed E-state index contributed by atoms with van der Waals surface area (Å²) in [6, 6.07) is 12.6. The molecular formula is C24H24ClN3O. The normalized spacial score (nSPS) is 21.8. The highest BCUT2D eigenvalue weighted by Gasteiger charge is 2.34. The standard InChI is InChI=1S/C24H24ClN3O/c1-29-21-13-20-12-17(7-10-28(20)15-21)22-14-27-24(18-3-2-4-19(25)11-18)23(22)16-5-8-26-9-6-16/h2-6,8-9,11-12,14,20-21,27H,7,10,13,15H2,1H3. The Bertz CT molecular complexity index is 1040. The number of hydrogen-bond acceptors (Lipinski definition) is 3. The molecule has 0 saturated carbocycles. The summed E-state index contributed by atoms with van der Waals surface area (Å²) in [5.74, 6) is 0. The number of halogens is 1. The van der Waals surface area contributed by atoms with Gasteiger partial charge in [0.25, 0.3) is 0 Å². The van der Waals surface area contributed by atoms with E-state index < -0.39 is 0 Å². The van der Waals surface area contributed by atoms with Gasteiger partial charge < -0.3 is 9.72 Å². The first-order chi connectivity index (χ1) is 14.2. The molecule has 5 heteroatoms. The van der Waals surface area contributed by atoms with Gasteiger partial charge in [-0.2, -0.15) is 0 Å². The van der Waals surface area contributed by atoms with Crippen LogP contribution in [-0.4, -0.2) is 47.2 Å². The fourth-order valence-corrected chi connectivity index (χ4v) is 4.85. The van der Waals surface area contributed by atoms with E-state index in [0.717, 1.165) is 47.8 Å². The topological polar surface area (TPSA) is 41.1 Å². The van der Waals surface area contributed by atoms with Gasteiger partial charge in [0.15, 0.2) is 0 Å². The molecule has 0 amide bonds. The van der Waals surface area contributed by atoms with E-state index in [1.54, 1.807) is 0 Å². The predicted octanol–water partition coefficient (Wildman–Crippen LogP) is 5.27. The third-order valence-corrected chi connectivity index (χ3v) is 6.35. The van der Waals surface area contributed by atoms with E-state index in [2.05, 4.69) is 45.3 Å². The van der Waals surface area contributed by atoms with Crippen molar-refractivity contribution in [1.82, 2.24) is 14.9 Å². The van der Waals surface area contributed by atoms with Gasteiger partial charge in [0.1, 0.15) is 0 Å². The first kappa shape index (κ1) is 18.6. The van der Waals surface area contributed by atoms with Gasteiger partial charge in [-0.1, -0.05) is 29.8 Å². The SMILES string of the molecule is COC1CC2C=C(c3c[nH]c(-c4cccc(Cl)c4)c3-c3ccncc3)CCN2C1. The summed E-state index contributed by atoms with van der Waals surface area (Å²) in [7, 11) is 1.82. The molecular weight excluding hydrogens is 382 g/mol. The van der Waals surface area contributed by atoms with Crippen molar-refractivity contribution in [3.8, 4) is 22.4 Å². The van der Waals surface area contributed by atoms with Crippen molar-refractivity contribution in [3.63, 3.8) is 0 Å². The number of hydrogen-bond donors (Lipinski definition) is 1. The molecule has 4 heterocycles. The van der Waals surface area contributed by atoms with Crippen LogP contribution in [0.25, 0.3) is 28.0 Å². The molecule has 1 N–H and O–H groups in total. The third kappa shape index (κ3) is 3.52. The first-order valence-electron chi connectivity index (χ1n) is 10.1. The first-order valence-corrected chi connectivity index (χ1v) is 10.5. The molecule has 5 rings (SSSR count). The van der Waals surface area contributed by atoms with Crippen molar-refractivity contribution < 1.29 is 4.74 Å². The van der Waals surface area contributed by atoms with E-state index in [4.69, 9.17) is 16.3 Å². The molecule has 2 atom stereocenters. The molecule has 29 heavy (non-hydrogen) atoms. The van der Waals surface area contributed by atoms with Gasteiger partial charge in [0.05, 0.1) is 11.8 Å². The van der Waals surface area contributed by atoms with E-state index in [1.807, 2.05) is 37.7 Å². The Morgan fingerprint density at radius 3 is 2.83 bits per heavy atom. The molecule has 1 saturated heterocycles. The van der Waals surface area contributed by atoms with Crippen LogP contribution in [0.2, 0.25) is 5.02 Å². The zero-order chi connectivity index (χ0) is 19.8. The van der Waals surface area contributed by atoms with Crippen LogP contribution >= 0.6 is 11.6 Å². The molecule has 1 fully saturated rings. The Labute approximate surface area is 176 Å². The lowest BCUT2D eigenvalue weighted by Crippen LogP contribution is -2.32. The van der Waals surface area contributed by atoms with Crippen LogP contribution in [0.3, 0.4) is 0 Å². The predicted molar refractivity (Wildman–Crippen MR) is 118 cm³/mol. The van der Waals surface area contributed by atoms with Gasteiger partial charge >= 0.3 is 0 Å². The van der Waals surface area contributed by atoms with Crippen LogP contribution in [-0.2, 0) is 4.74 Å². The van der Waals surface area contributed by atoms with E-state index in [1.165, 1.54) is 16.7 Å². The molecule has 1 aromatic carbocycles. The van der Waals surface area contributed by atoms with Gasteiger partial charge in [-0.05, 0) is 48.2 Å². The molecule has 2 aromatic heterocycles. The minimum atomic E-state index is 0.337. The smallest absolute Gasteiger partial charge is 0.0716 e. The Morgan fingerprint density at radius 1 is 1.17 bits per heavy atom. The number of ether oxygens (including phenoxy) is 1. The van der Waals surface area contributed by atoms with E-state index in [9.17, 15) is 0 Å². The molecule has 0 bridgehead atoms. The summed E-state index contributed by atoms with van der Waals surface area (Å²) in [4.78, 5) is 10.3. The highest BCUT2D eigenvalue weighted by atomic mass is 35.5. The van der Waals surface area contributed by atoms with Crippen molar-refractivity contribution in [2.75, 3.05) is 20.2 Å². The highest BCUT2D eigenvalue weighted by Crippen LogP contribution is 2.41. The monoisotopic (exact) mass is 405 g/mol. The summed E-state index contributed by atoms with van der Waals surface area (Å²) in [5, 5.41) is 0.739. The third-order valence-electron chi connectivity index (χ3n) is 6.12. The van der Waals surface area contributed by atoms with Gasteiger partial charge in [-0.25, -0.2) is 0 Å². The molecule has 148 valence electrons. The summed E-state index contributed by atoms with van der Waals surface area (Å²) in [5.41, 5.74) is 7.24. The highest BCUT2D eigenvalue weighted by molar-refractivity contribution is 6.30. The summed E-state index contributed by atoms with van der Waals surface area (Å²) in [6.07, 6.45) is 10.7. The van der Waals surface area contributed by atoms with Crippen molar-refractivity contribution in [3.05, 3.63) is 71.7 Å². The molecule has 0 radical (unpaired) electrons. The van der Waals surface area contributed by atoms with Crippen LogP contribution in [0.5, 0.6) is 0 Å². The van der Waals surface area contributed by atoms with Crippen molar-refractivity contribution >= 4 is 17.2 Å². The number of fused-ring (bicyclic) bond motifs is 1. The molecule has 2 aliphatic heterocycles. The Kier molecular flexibility index (Phi) is 5.00. The van der Waals surface area contributed by atoms with E-state index in [0.29, 0.717) is 12.1 Å².